The SMILES string of the molecule is CCC(C)CCOCN1CCC(C)NC1O. The zero-order chi connectivity index (χ0) is 12.0. The van der Waals surface area contributed by atoms with E-state index >= 15 is 0 Å². The molecular weight excluding hydrogens is 204 g/mol. The lowest BCUT2D eigenvalue weighted by Crippen LogP contribution is -2.55. The molecule has 0 radical (unpaired) electrons. The topological polar surface area (TPSA) is 44.7 Å². The zero-order valence-corrected chi connectivity index (χ0v) is 10.8. The molecule has 4 nitrogen and oxygen atoms in total. The standard InChI is InChI=1S/C12H26N2O2/c1-4-10(2)6-8-16-9-14-7-5-11(3)13-12(14)15/h10-13,15H,4-9H2,1-3H3. The summed E-state index contributed by atoms with van der Waals surface area (Å²) in [5.41, 5.74) is 0. The van der Waals surface area contributed by atoms with Gasteiger partial charge in [-0.25, -0.2) is 4.90 Å². The van der Waals surface area contributed by atoms with E-state index in [1.54, 1.807) is 0 Å². The molecule has 1 heterocycles. The van der Waals surface area contributed by atoms with Crippen molar-refractivity contribution in [3.05, 3.63) is 0 Å². The van der Waals surface area contributed by atoms with Gasteiger partial charge in [-0.05, 0) is 25.7 Å². The molecule has 4 heteroatoms. The molecule has 96 valence electrons. The summed E-state index contributed by atoms with van der Waals surface area (Å²) < 4.78 is 5.58. The Bertz CT molecular complexity index is 190. The molecule has 0 amide bonds. The summed E-state index contributed by atoms with van der Waals surface area (Å²) in [6, 6.07) is 0.395. The lowest BCUT2D eigenvalue weighted by molar-refractivity contribution is -0.110. The van der Waals surface area contributed by atoms with Gasteiger partial charge in [0.25, 0.3) is 0 Å². The van der Waals surface area contributed by atoms with Crippen molar-refractivity contribution >= 4 is 0 Å². The monoisotopic (exact) mass is 230 g/mol. The van der Waals surface area contributed by atoms with Crippen LogP contribution in [0.25, 0.3) is 0 Å². The van der Waals surface area contributed by atoms with E-state index in [-0.39, 0.29) is 0 Å². The summed E-state index contributed by atoms with van der Waals surface area (Å²) in [5, 5.41) is 12.8. The van der Waals surface area contributed by atoms with Crippen LogP contribution < -0.4 is 5.32 Å². The molecule has 2 N–H and O–H groups in total. The minimum atomic E-state index is -0.549. The number of aliphatic hydroxyl groups is 1. The van der Waals surface area contributed by atoms with Crippen molar-refractivity contribution in [3.8, 4) is 0 Å². The fraction of sp³-hybridized carbons (Fsp3) is 1.00. The second kappa shape index (κ2) is 7.22. The van der Waals surface area contributed by atoms with Crippen LogP contribution >= 0.6 is 0 Å². The second-order valence-corrected chi connectivity index (χ2v) is 4.88. The highest BCUT2D eigenvalue weighted by Gasteiger charge is 2.23. The van der Waals surface area contributed by atoms with Gasteiger partial charge in [0.05, 0.1) is 0 Å². The first-order valence-corrected chi connectivity index (χ1v) is 6.39. The maximum atomic E-state index is 9.73. The number of rotatable bonds is 6. The fourth-order valence-electron chi connectivity index (χ4n) is 1.73. The molecule has 1 aliphatic rings. The molecule has 0 saturated carbocycles. The van der Waals surface area contributed by atoms with Crippen LogP contribution in [0.5, 0.6) is 0 Å². The van der Waals surface area contributed by atoms with Gasteiger partial charge in [0.2, 0.25) is 0 Å². The van der Waals surface area contributed by atoms with Gasteiger partial charge < -0.3 is 9.84 Å². The van der Waals surface area contributed by atoms with Crippen molar-refractivity contribution in [3.63, 3.8) is 0 Å². The molecule has 0 spiro atoms. The molecule has 0 aromatic carbocycles. The highest BCUT2D eigenvalue weighted by molar-refractivity contribution is 4.72. The Hall–Kier alpha value is -0.160. The smallest absolute Gasteiger partial charge is 0.165 e. The third kappa shape index (κ3) is 4.78. The van der Waals surface area contributed by atoms with E-state index in [9.17, 15) is 5.11 Å². The highest BCUT2D eigenvalue weighted by Crippen LogP contribution is 2.09. The average Bonchev–Trinajstić information content (AvgIpc) is 2.26. The van der Waals surface area contributed by atoms with Gasteiger partial charge in [-0.2, -0.15) is 0 Å². The predicted octanol–water partition coefficient (Wildman–Crippen LogP) is 1.36. The maximum Gasteiger partial charge on any atom is 0.165 e. The summed E-state index contributed by atoms with van der Waals surface area (Å²) in [6.45, 7) is 8.74. The summed E-state index contributed by atoms with van der Waals surface area (Å²) in [7, 11) is 0. The minimum Gasteiger partial charge on any atom is -0.366 e. The van der Waals surface area contributed by atoms with Crippen LogP contribution in [-0.4, -0.2) is 42.3 Å². The molecule has 1 aliphatic heterocycles. The van der Waals surface area contributed by atoms with Crippen molar-refractivity contribution in [2.24, 2.45) is 5.92 Å². The van der Waals surface area contributed by atoms with Gasteiger partial charge >= 0.3 is 0 Å². The maximum absolute atomic E-state index is 9.73. The Balaban J connectivity index is 2.08. The second-order valence-electron chi connectivity index (χ2n) is 4.88. The van der Waals surface area contributed by atoms with Gasteiger partial charge in [0, 0.05) is 19.2 Å². The normalized spacial score (nSPS) is 29.2. The number of hydrogen-bond acceptors (Lipinski definition) is 4. The Morgan fingerprint density at radius 1 is 1.56 bits per heavy atom. The van der Waals surface area contributed by atoms with E-state index in [1.807, 2.05) is 4.90 Å². The van der Waals surface area contributed by atoms with Crippen LogP contribution in [0.4, 0.5) is 0 Å². The van der Waals surface area contributed by atoms with Crippen molar-refractivity contribution in [1.82, 2.24) is 10.2 Å². The summed E-state index contributed by atoms with van der Waals surface area (Å²) in [5.74, 6) is 0.726. The molecule has 1 rings (SSSR count). The molecule has 3 atom stereocenters. The number of nitrogens with one attached hydrogen (secondary N) is 1. The van der Waals surface area contributed by atoms with E-state index in [4.69, 9.17) is 4.74 Å². The van der Waals surface area contributed by atoms with Crippen LogP contribution in [-0.2, 0) is 4.74 Å². The van der Waals surface area contributed by atoms with E-state index in [1.165, 1.54) is 6.42 Å². The molecule has 0 aromatic heterocycles. The molecule has 1 fully saturated rings. The van der Waals surface area contributed by atoms with Crippen LogP contribution in [0, 0.1) is 5.92 Å². The molecule has 0 aliphatic carbocycles. The first-order chi connectivity index (χ1) is 7.63. The van der Waals surface area contributed by atoms with Crippen LogP contribution in [0.1, 0.15) is 40.0 Å². The van der Waals surface area contributed by atoms with E-state index in [0.29, 0.717) is 12.8 Å². The van der Waals surface area contributed by atoms with Crippen LogP contribution in [0.15, 0.2) is 0 Å². The van der Waals surface area contributed by atoms with Gasteiger partial charge in [-0.1, -0.05) is 20.3 Å². The van der Waals surface area contributed by atoms with E-state index in [2.05, 4.69) is 26.1 Å². The van der Waals surface area contributed by atoms with E-state index < -0.39 is 6.35 Å². The van der Waals surface area contributed by atoms with Crippen molar-refractivity contribution < 1.29 is 9.84 Å². The summed E-state index contributed by atoms with van der Waals surface area (Å²) >= 11 is 0. The molecular formula is C12H26N2O2. The highest BCUT2D eigenvalue weighted by atomic mass is 16.5. The predicted molar refractivity (Wildman–Crippen MR) is 64.8 cm³/mol. The number of nitrogens with zero attached hydrogens (tertiary/aromatic N) is 1. The summed E-state index contributed by atoms with van der Waals surface area (Å²) in [4.78, 5) is 1.93. The molecule has 16 heavy (non-hydrogen) atoms. The van der Waals surface area contributed by atoms with Crippen LogP contribution in [0.2, 0.25) is 0 Å². The number of hydrogen-bond donors (Lipinski definition) is 2. The number of ether oxygens (including phenoxy) is 1. The van der Waals surface area contributed by atoms with Crippen LogP contribution in [0.3, 0.4) is 0 Å². The fourth-order valence-corrected chi connectivity index (χ4v) is 1.73. The third-order valence-corrected chi connectivity index (χ3v) is 3.34. The zero-order valence-electron chi connectivity index (χ0n) is 10.8. The molecule has 3 unspecified atom stereocenters. The first-order valence-electron chi connectivity index (χ1n) is 6.39. The average molecular weight is 230 g/mol. The van der Waals surface area contributed by atoms with Crippen molar-refractivity contribution in [1.29, 1.82) is 0 Å². The van der Waals surface area contributed by atoms with Crippen molar-refractivity contribution in [2.45, 2.75) is 52.4 Å². The molecule has 1 saturated heterocycles. The van der Waals surface area contributed by atoms with Crippen molar-refractivity contribution in [2.75, 3.05) is 19.9 Å². The third-order valence-electron chi connectivity index (χ3n) is 3.34. The van der Waals surface area contributed by atoms with Gasteiger partial charge in [0.1, 0.15) is 6.73 Å². The van der Waals surface area contributed by atoms with Gasteiger partial charge in [0.15, 0.2) is 6.35 Å². The molecule has 0 aromatic rings. The van der Waals surface area contributed by atoms with E-state index in [0.717, 1.165) is 31.9 Å². The van der Waals surface area contributed by atoms with Gasteiger partial charge in [-0.3, -0.25) is 5.32 Å². The van der Waals surface area contributed by atoms with Gasteiger partial charge in [-0.15, -0.1) is 0 Å². The quantitative estimate of drug-likeness (QED) is 0.676. The number of aliphatic hydroxyl groups excluding tert-OH is 1. The molecule has 0 bridgehead atoms. The first kappa shape index (κ1) is 13.9. The lowest BCUT2D eigenvalue weighted by Gasteiger charge is -2.35. The summed E-state index contributed by atoms with van der Waals surface area (Å²) in [6.07, 6.45) is 2.82. The Morgan fingerprint density at radius 2 is 2.31 bits per heavy atom. The Morgan fingerprint density at radius 3 is 2.94 bits per heavy atom. The largest absolute Gasteiger partial charge is 0.366 e. The lowest BCUT2D eigenvalue weighted by atomic mass is 10.1. The Labute approximate surface area is 99.0 Å². The minimum absolute atomic E-state index is 0.395. The Kier molecular flexibility index (Phi) is 6.28.